The van der Waals surface area contributed by atoms with Crippen LogP contribution in [0.1, 0.15) is 11.1 Å². The normalized spacial score (nSPS) is 10.9. The summed E-state index contributed by atoms with van der Waals surface area (Å²) in [6.45, 7) is 1.44. The Kier molecular flexibility index (Phi) is 2.82. The SMILES string of the molecule is NCc1cccc2c1ccn2Cc1ccncc1. The van der Waals surface area contributed by atoms with Crippen LogP contribution in [0.3, 0.4) is 0 Å². The van der Waals surface area contributed by atoms with E-state index in [1.165, 1.54) is 22.0 Å². The van der Waals surface area contributed by atoms with Gasteiger partial charge in [0.05, 0.1) is 0 Å². The molecule has 1 aromatic carbocycles. The summed E-state index contributed by atoms with van der Waals surface area (Å²) in [4.78, 5) is 4.04. The first kappa shape index (κ1) is 11.0. The molecular weight excluding hydrogens is 222 g/mol. The first-order chi connectivity index (χ1) is 8.88. The van der Waals surface area contributed by atoms with Gasteiger partial charge in [-0.2, -0.15) is 0 Å². The summed E-state index contributed by atoms with van der Waals surface area (Å²) in [6.07, 6.45) is 5.77. The first-order valence-corrected chi connectivity index (χ1v) is 6.04. The van der Waals surface area contributed by atoms with E-state index >= 15 is 0 Å². The zero-order chi connectivity index (χ0) is 12.4. The largest absolute Gasteiger partial charge is 0.343 e. The summed E-state index contributed by atoms with van der Waals surface area (Å²) < 4.78 is 2.24. The molecule has 2 heterocycles. The van der Waals surface area contributed by atoms with Gasteiger partial charge in [-0.3, -0.25) is 4.98 Å². The van der Waals surface area contributed by atoms with Crippen LogP contribution in [0.15, 0.2) is 55.0 Å². The molecule has 0 fully saturated rings. The first-order valence-electron chi connectivity index (χ1n) is 6.04. The summed E-state index contributed by atoms with van der Waals surface area (Å²) in [5.41, 5.74) is 9.44. The van der Waals surface area contributed by atoms with Crippen molar-refractivity contribution in [2.24, 2.45) is 5.73 Å². The second-order valence-electron chi connectivity index (χ2n) is 4.35. The second-order valence-corrected chi connectivity index (χ2v) is 4.35. The Morgan fingerprint density at radius 1 is 1.06 bits per heavy atom. The van der Waals surface area contributed by atoms with Crippen LogP contribution in [0.25, 0.3) is 10.9 Å². The molecule has 3 rings (SSSR count). The summed E-state index contributed by atoms with van der Waals surface area (Å²) in [7, 11) is 0. The molecular formula is C15H15N3. The lowest BCUT2D eigenvalue weighted by atomic mass is 10.1. The van der Waals surface area contributed by atoms with Crippen molar-refractivity contribution in [3.63, 3.8) is 0 Å². The molecule has 0 spiro atoms. The maximum absolute atomic E-state index is 5.76. The fourth-order valence-electron chi connectivity index (χ4n) is 2.29. The Labute approximate surface area is 106 Å². The van der Waals surface area contributed by atoms with E-state index in [1.807, 2.05) is 24.5 Å². The Bertz CT molecular complexity index is 656. The van der Waals surface area contributed by atoms with Crippen molar-refractivity contribution in [1.29, 1.82) is 0 Å². The maximum Gasteiger partial charge on any atom is 0.0486 e. The number of benzene rings is 1. The van der Waals surface area contributed by atoms with Crippen LogP contribution in [0, 0.1) is 0 Å². The van der Waals surface area contributed by atoms with Gasteiger partial charge in [-0.15, -0.1) is 0 Å². The van der Waals surface area contributed by atoms with Gasteiger partial charge in [0.25, 0.3) is 0 Å². The Hall–Kier alpha value is -2.13. The Morgan fingerprint density at radius 2 is 1.89 bits per heavy atom. The molecule has 90 valence electrons. The van der Waals surface area contributed by atoms with E-state index in [9.17, 15) is 0 Å². The minimum Gasteiger partial charge on any atom is -0.343 e. The number of fused-ring (bicyclic) bond motifs is 1. The third-order valence-corrected chi connectivity index (χ3v) is 3.23. The predicted octanol–water partition coefficient (Wildman–Crippen LogP) is 2.54. The fourth-order valence-corrected chi connectivity index (χ4v) is 2.29. The van der Waals surface area contributed by atoms with Crippen LogP contribution in [0.2, 0.25) is 0 Å². The van der Waals surface area contributed by atoms with Crippen molar-refractivity contribution in [3.05, 3.63) is 66.1 Å². The molecule has 0 aliphatic heterocycles. The number of rotatable bonds is 3. The van der Waals surface area contributed by atoms with E-state index in [4.69, 9.17) is 5.73 Å². The standard InChI is InChI=1S/C15H15N3/c16-10-13-2-1-3-15-14(13)6-9-18(15)11-12-4-7-17-8-5-12/h1-9H,10-11,16H2. The van der Waals surface area contributed by atoms with Gasteiger partial charge in [0, 0.05) is 42.6 Å². The minimum atomic E-state index is 0.580. The van der Waals surface area contributed by atoms with Gasteiger partial charge in [-0.1, -0.05) is 12.1 Å². The molecule has 0 aliphatic carbocycles. The number of hydrogen-bond acceptors (Lipinski definition) is 2. The van der Waals surface area contributed by atoms with Crippen LogP contribution < -0.4 is 5.73 Å². The Balaban J connectivity index is 2.03. The van der Waals surface area contributed by atoms with Crippen molar-refractivity contribution < 1.29 is 0 Å². The van der Waals surface area contributed by atoms with Crippen molar-refractivity contribution in [2.75, 3.05) is 0 Å². The smallest absolute Gasteiger partial charge is 0.0486 e. The molecule has 0 amide bonds. The quantitative estimate of drug-likeness (QED) is 0.760. The molecule has 3 heteroatoms. The van der Waals surface area contributed by atoms with E-state index < -0.39 is 0 Å². The molecule has 3 aromatic rings. The number of nitrogens with zero attached hydrogens (tertiary/aromatic N) is 2. The van der Waals surface area contributed by atoms with Crippen molar-refractivity contribution in [3.8, 4) is 0 Å². The van der Waals surface area contributed by atoms with E-state index in [1.54, 1.807) is 0 Å². The number of hydrogen-bond donors (Lipinski definition) is 1. The molecule has 0 unspecified atom stereocenters. The molecule has 3 nitrogen and oxygen atoms in total. The monoisotopic (exact) mass is 237 g/mol. The maximum atomic E-state index is 5.76. The third-order valence-electron chi connectivity index (χ3n) is 3.23. The summed E-state index contributed by atoms with van der Waals surface area (Å²) in [6, 6.07) is 12.5. The van der Waals surface area contributed by atoms with E-state index in [0.29, 0.717) is 6.54 Å². The summed E-state index contributed by atoms with van der Waals surface area (Å²) in [5, 5.41) is 1.24. The molecule has 0 saturated carbocycles. The topological polar surface area (TPSA) is 43.8 Å². The zero-order valence-electron chi connectivity index (χ0n) is 10.1. The molecule has 0 aliphatic rings. The molecule has 2 N–H and O–H groups in total. The lowest BCUT2D eigenvalue weighted by molar-refractivity contribution is 0.834. The van der Waals surface area contributed by atoms with Crippen molar-refractivity contribution in [2.45, 2.75) is 13.1 Å². The molecule has 2 aromatic heterocycles. The highest BCUT2D eigenvalue weighted by Gasteiger charge is 2.04. The van der Waals surface area contributed by atoms with Gasteiger partial charge >= 0.3 is 0 Å². The van der Waals surface area contributed by atoms with Crippen LogP contribution in [0.4, 0.5) is 0 Å². The molecule has 18 heavy (non-hydrogen) atoms. The summed E-state index contributed by atoms with van der Waals surface area (Å²) >= 11 is 0. The summed E-state index contributed by atoms with van der Waals surface area (Å²) in [5.74, 6) is 0. The van der Waals surface area contributed by atoms with Gasteiger partial charge < -0.3 is 10.3 Å². The highest BCUT2D eigenvalue weighted by Crippen LogP contribution is 2.20. The average molecular weight is 237 g/mol. The molecule has 0 atom stereocenters. The number of aromatic nitrogens is 2. The number of nitrogens with two attached hydrogens (primary N) is 1. The van der Waals surface area contributed by atoms with Crippen LogP contribution >= 0.6 is 0 Å². The van der Waals surface area contributed by atoms with E-state index in [-0.39, 0.29) is 0 Å². The highest BCUT2D eigenvalue weighted by molar-refractivity contribution is 5.83. The number of pyridine rings is 1. The van der Waals surface area contributed by atoms with Crippen LogP contribution in [-0.2, 0) is 13.1 Å². The van der Waals surface area contributed by atoms with E-state index in [0.717, 1.165) is 6.54 Å². The van der Waals surface area contributed by atoms with Gasteiger partial charge in [-0.05, 0) is 35.4 Å². The van der Waals surface area contributed by atoms with Crippen LogP contribution in [0.5, 0.6) is 0 Å². The average Bonchev–Trinajstić information content (AvgIpc) is 2.83. The minimum absolute atomic E-state index is 0.580. The van der Waals surface area contributed by atoms with Gasteiger partial charge in [0.2, 0.25) is 0 Å². The van der Waals surface area contributed by atoms with Crippen LogP contribution in [-0.4, -0.2) is 9.55 Å². The zero-order valence-corrected chi connectivity index (χ0v) is 10.1. The third kappa shape index (κ3) is 1.89. The molecule has 0 saturated heterocycles. The van der Waals surface area contributed by atoms with Crippen molar-refractivity contribution in [1.82, 2.24) is 9.55 Å². The fraction of sp³-hybridized carbons (Fsp3) is 0.133. The molecule has 0 radical (unpaired) electrons. The van der Waals surface area contributed by atoms with E-state index in [2.05, 4.69) is 40.0 Å². The predicted molar refractivity (Wildman–Crippen MR) is 73.2 cm³/mol. The lowest BCUT2D eigenvalue weighted by Crippen LogP contribution is -1.99. The van der Waals surface area contributed by atoms with Gasteiger partial charge in [-0.25, -0.2) is 0 Å². The second kappa shape index (κ2) is 4.63. The van der Waals surface area contributed by atoms with Gasteiger partial charge in [0.1, 0.15) is 0 Å². The highest BCUT2D eigenvalue weighted by atomic mass is 14.9. The Morgan fingerprint density at radius 3 is 2.67 bits per heavy atom. The lowest BCUT2D eigenvalue weighted by Gasteiger charge is -2.06. The van der Waals surface area contributed by atoms with Gasteiger partial charge in [0.15, 0.2) is 0 Å². The van der Waals surface area contributed by atoms with Crippen molar-refractivity contribution >= 4 is 10.9 Å². The molecule has 0 bridgehead atoms.